The van der Waals surface area contributed by atoms with E-state index >= 15 is 0 Å². The van der Waals surface area contributed by atoms with Crippen LogP contribution in [0.4, 0.5) is 0 Å². The first kappa shape index (κ1) is 6.33. The van der Waals surface area contributed by atoms with Crippen LogP contribution in [0.15, 0.2) is 0 Å². The van der Waals surface area contributed by atoms with Crippen LogP contribution in [-0.2, 0) is 4.74 Å². The van der Waals surface area contributed by atoms with Gasteiger partial charge in [0, 0.05) is 9.11 Å². The molecule has 11 heavy (non-hydrogen) atoms. The second-order valence-corrected chi connectivity index (χ2v) is 2.31. The summed E-state index contributed by atoms with van der Waals surface area (Å²) in [7, 11) is 0. The monoisotopic (exact) mass is 167 g/mol. The summed E-state index contributed by atoms with van der Waals surface area (Å²) in [5.74, 6) is 0. The zero-order valence-corrected chi connectivity index (χ0v) is 5.71. The number of aliphatic hydroxyl groups excluding tert-OH is 4. The molecule has 4 atom stereocenters. The lowest BCUT2D eigenvalue weighted by molar-refractivity contribution is -0.239. The van der Waals surface area contributed by atoms with Gasteiger partial charge in [-0.1, -0.05) is 0 Å². The molecule has 0 aliphatic carbocycles. The van der Waals surface area contributed by atoms with E-state index in [-0.39, 0.29) is 0 Å². The first-order chi connectivity index (χ1) is 5.91. The fraction of sp³-hybridized carbons (Fsp3) is 1.00. The molecule has 1 aliphatic heterocycles. The Hall–Kier alpha value is -0.200. The normalized spacial score (nSPS) is 53.1. The van der Waals surface area contributed by atoms with Crippen molar-refractivity contribution in [2.45, 2.75) is 31.0 Å². The smallest absolute Gasteiger partial charge is 0.157 e. The number of aliphatic hydroxyl groups is 4. The number of ether oxygens (including phenoxy) is 1. The van der Waals surface area contributed by atoms with Crippen LogP contribution in [0.5, 0.6) is 0 Å². The first-order valence-corrected chi connectivity index (χ1v) is 3.21. The summed E-state index contributed by atoms with van der Waals surface area (Å²) in [6, 6.07) is 0. The minimum atomic E-state index is -2.43. The zero-order valence-electron chi connectivity index (χ0n) is 7.71. The Balaban J connectivity index is 2.79. The van der Waals surface area contributed by atoms with E-state index in [0.29, 0.717) is 0 Å². The third-order valence-electron chi connectivity index (χ3n) is 1.50. The molecule has 1 aliphatic rings. The van der Waals surface area contributed by atoms with Gasteiger partial charge < -0.3 is 25.2 Å². The van der Waals surface area contributed by atoms with Crippen molar-refractivity contribution in [2.24, 2.45) is 0 Å². The van der Waals surface area contributed by atoms with Gasteiger partial charge in [-0.25, -0.2) is 0 Å². The average molecular weight is 167 g/mol. The van der Waals surface area contributed by atoms with Crippen LogP contribution in [0.25, 0.3) is 0 Å². The maximum atomic E-state index is 9.20. The third-order valence-corrected chi connectivity index (χ3v) is 1.50. The van der Waals surface area contributed by atoms with E-state index in [1.165, 1.54) is 0 Å². The molecule has 0 aromatic carbocycles. The number of hydrogen-bond acceptors (Lipinski definition) is 5. The molecule has 66 valence electrons. The van der Waals surface area contributed by atoms with E-state index in [2.05, 4.69) is 4.74 Å². The first-order valence-electron chi connectivity index (χ1n) is 4.21. The van der Waals surface area contributed by atoms with Gasteiger partial charge in [-0.3, -0.25) is 0 Å². The van der Waals surface area contributed by atoms with Crippen molar-refractivity contribution in [1.82, 2.24) is 0 Å². The van der Waals surface area contributed by atoms with E-state index in [9.17, 15) is 10.2 Å². The zero-order chi connectivity index (χ0) is 10.2. The second-order valence-electron chi connectivity index (χ2n) is 2.31. The minimum Gasteiger partial charge on any atom is -0.394 e. The Bertz CT molecular complexity index is 188. The van der Waals surface area contributed by atoms with Gasteiger partial charge in [0.1, 0.15) is 12.2 Å². The van der Waals surface area contributed by atoms with Gasteiger partial charge in [0.15, 0.2) is 6.29 Å². The molecular weight excluding hydrogens is 153 g/mol. The molecule has 5 nitrogen and oxygen atoms in total. The van der Waals surface area contributed by atoms with Crippen LogP contribution in [0.3, 0.4) is 0 Å². The molecule has 1 rings (SSSR count). The summed E-state index contributed by atoms with van der Waals surface area (Å²) < 4.78 is 18.8. The summed E-state index contributed by atoms with van der Waals surface area (Å²) >= 11 is 0. The van der Waals surface area contributed by atoms with Crippen molar-refractivity contribution in [3.63, 3.8) is 0 Å². The average Bonchev–Trinajstić information content (AvgIpc) is 2.09. The number of hydrogen-bond donors (Lipinski definition) is 4. The maximum Gasteiger partial charge on any atom is 0.157 e. The highest BCUT2D eigenvalue weighted by molar-refractivity contribution is 4.81. The van der Waals surface area contributed by atoms with Crippen molar-refractivity contribution >= 4 is 0 Å². The second kappa shape index (κ2) is 3.46. The molecule has 4 N–H and O–H groups in total. The Morgan fingerprint density at radius 1 is 1.45 bits per heavy atom. The molecule has 0 amide bonds. The molecule has 0 spiro atoms. The third kappa shape index (κ3) is 1.88. The van der Waals surface area contributed by atoms with Crippen molar-refractivity contribution < 1.29 is 27.9 Å². The van der Waals surface area contributed by atoms with Crippen LogP contribution in [-0.4, -0.2) is 51.6 Å². The van der Waals surface area contributed by atoms with E-state index < -0.39 is 37.6 Å². The van der Waals surface area contributed by atoms with Gasteiger partial charge in [0.05, 0.1) is 12.7 Å². The largest absolute Gasteiger partial charge is 0.394 e. The predicted molar refractivity (Wildman–Crippen MR) is 34.6 cm³/mol. The summed E-state index contributed by atoms with van der Waals surface area (Å²) in [5.41, 5.74) is 0. The van der Waals surface area contributed by atoms with E-state index in [4.69, 9.17) is 13.0 Å². The Labute approximate surface area is 66.7 Å². The quantitative estimate of drug-likeness (QED) is 0.333. The molecular formula is C6H12O5. The predicted octanol–water partition coefficient (Wildman–Crippen LogP) is -2.19. The lowest BCUT2D eigenvalue weighted by Gasteiger charge is -2.33. The Kier molecular flexibility index (Phi) is 1.99. The van der Waals surface area contributed by atoms with Crippen LogP contribution in [0.2, 0.25) is 0 Å². The molecule has 1 unspecified atom stereocenters. The van der Waals surface area contributed by atoms with Gasteiger partial charge in [-0.05, 0) is 0 Å². The van der Waals surface area contributed by atoms with Crippen molar-refractivity contribution in [3.05, 3.63) is 0 Å². The van der Waals surface area contributed by atoms with Crippen LogP contribution in [0.1, 0.15) is 9.11 Å². The fourth-order valence-corrected chi connectivity index (χ4v) is 0.884. The van der Waals surface area contributed by atoms with Gasteiger partial charge in [-0.15, -0.1) is 0 Å². The highest BCUT2D eigenvalue weighted by Crippen LogP contribution is 2.18. The molecule has 5 heteroatoms. The minimum absolute atomic E-state index is 0.592. The summed E-state index contributed by atoms with van der Waals surface area (Å²) in [6.45, 7) is -0.592. The van der Waals surface area contributed by atoms with Gasteiger partial charge in [-0.2, -0.15) is 0 Å². The van der Waals surface area contributed by atoms with Gasteiger partial charge in [0.2, 0.25) is 0 Å². The molecule has 0 aromatic rings. The van der Waals surface area contributed by atoms with Crippen LogP contribution >= 0.6 is 0 Å². The van der Waals surface area contributed by atoms with E-state index in [1.807, 2.05) is 0 Å². The molecule has 1 heterocycles. The summed E-state index contributed by atoms with van der Waals surface area (Å²) in [5, 5.41) is 36.1. The maximum absolute atomic E-state index is 9.20. The van der Waals surface area contributed by atoms with Crippen LogP contribution in [0, 0.1) is 0 Å². The van der Waals surface area contributed by atoms with Crippen LogP contribution < -0.4 is 0 Å². The van der Waals surface area contributed by atoms with Gasteiger partial charge >= 0.3 is 0 Å². The molecule has 0 radical (unpaired) electrons. The molecule has 1 fully saturated rings. The Morgan fingerprint density at radius 2 is 2.09 bits per heavy atom. The highest BCUT2D eigenvalue weighted by atomic mass is 16.6. The molecule has 0 bridgehead atoms. The topological polar surface area (TPSA) is 90.2 Å². The lowest BCUT2D eigenvalue weighted by atomic mass is 10.1. The van der Waals surface area contributed by atoms with Crippen molar-refractivity contribution in [2.75, 3.05) is 6.61 Å². The standard InChI is InChI=1S/C6H12O5/c7-2-4-6(10)3(8)1-5(9)11-4/h3-10H,1-2H2/t3-,4-,5?,6+/m1/s1/i1+1D2. The summed E-state index contributed by atoms with van der Waals surface area (Å²) in [4.78, 5) is 0. The highest BCUT2D eigenvalue weighted by Gasteiger charge is 2.35. The SMILES string of the molecule is [2H][13C]1([2H])C(O)O[C@H](CO)[C@@H](O)[C@@H]1O. The van der Waals surface area contributed by atoms with Crippen molar-refractivity contribution in [3.8, 4) is 0 Å². The molecule has 0 aromatic heterocycles. The van der Waals surface area contributed by atoms with E-state index in [1.54, 1.807) is 0 Å². The van der Waals surface area contributed by atoms with E-state index in [0.717, 1.165) is 0 Å². The fourth-order valence-electron chi connectivity index (χ4n) is 0.884. The number of rotatable bonds is 1. The lowest BCUT2D eigenvalue weighted by Crippen LogP contribution is -2.49. The van der Waals surface area contributed by atoms with Gasteiger partial charge in [0.25, 0.3) is 0 Å². The van der Waals surface area contributed by atoms with Crippen molar-refractivity contribution in [1.29, 1.82) is 0 Å². The molecule has 1 saturated heterocycles. The Morgan fingerprint density at radius 3 is 2.64 bits per heavy atom. The molecule has 0 saturated carbocycles. The summed E-state index contributed by atoms with van der Waals surface area (Å²) in [6.07, 6.45) is -8.74.